The van der Waals surface area contributed by atoms with E-state index in [4.69, 9.17) is 4.74 Å². The lowest BCUT2D eigenvalue weighted by Crippen LogP contribution is -2.47. The van der Waals surface area contributed by atoms with Gasteiger partial charge in [0.15, 0.2) is 6.61 Å². The summed E-state index contributed by atoms with van der Waals surface area (Å²) in [5, 5.41) is 12.0. The Kier molecular flexibility index (Phi) is 7.05. The topological polar surface area (TPSA) is 102 Å². The third kappa shape index (κ3) is 5.28. The Morgan fingerprint density at radius 2 is 1.91 bits per heavy atom. The number of benzene rings is 1. The Morgan fingerprint density at radius 1 is 1.26 bits per heavy atom. The molecule has 0 aliphatic rings. The normalized spacial score (nSPS) is 12.8. The van der Waals surface area contributed by atoms with Gasteiger partial charge < -0.3 is 19.9 Å². The van der Waals surface area contributed by atoms with Crippen molar-refractivity contribution in [2.24, 2.45) is 5.92 Å². The molecule has 7 heteroatoms. The van der Waals surface area contributed by atoms with Crippen LogP contribution in [0, 0.1) is 5.92 Å². The smallest absolute Gasteiger partial charge is 0.342 e. The number of aromatic hydroxyl groups is 1. The standard InChI is InChI=1S/C16H21NO6/c1-4-10(2)14(16(21)22-3)17-13(19)9-23-15(20)11-7-5-6-8-12(11)18/h5-8,10,14,18H,4,9H2,1-3H3,(H,17,19)/t10-,14+/m0/s1. The first-order chi connectivity index (χ1) is 10.9. The fourth-order valence-corrected chi connectivity index (χ4v) is 1.87. The van der Waals surface area contributed by atoms with E-state index in [1.807, 2.05) is 6.92 Å². The summed E-state index contributed by atoms with van der Waals surface area (Å²) in [7, 11) is 1.24. The lowest BCUT2D eigenvalue weighted by molar-refractivity contribution is -0.147. The number of hydrogen-bond donors (Lipinski definition) is 2. The van der Waals surface area contributed by atoms with Crippen LogP contribution in [0.2, 0.25) is 0 Å². The van der Waals surface area contributed by atoms with Gasteiger partial charge in [-0.05, 0) is 18.1 Å². The van der Waals surface area contributed by atoms with E-state index in [1.54, 1.807) is 19.1 Å². The van der Waals surface area contributed by atoms with Crippen molar-refractivity contribution in [3.05, 3.63) is 29.8 Å². The van der Waals surface area contributed by atoms with Gasteiger partial charge in [-0.2, -0.15) is 0 Å². The molecule has 23 heavy (non-hydrogen) atoms. The molecule has 0 heterocycles. The number of amides is 1. The molecule has 0 aliphatic carbocycles. The maximum atomic E-state index is 11.9. The summed E-state index contributed by atoms with van der Waals surface area (Å²) < 4.78 is 9.49. The number of ether oxygens (including phenoxy) is 2. The van der Waals surface area contributed by atoms with Gasteiger partial charge in [0.1, 0.15) is 17.4 Å². The second-order valence-electron chi connectivity index (χ2n) is 5.05. The van der Waals surface area contributed by atoms with Crippen LogP contribution in [0.3, 0.4) is 0 Å². The molecule has 0 saturated heterocycles. The number of phenols is 1. The van der Waals surface area contributed by atoms with Crippen LogP contribution < -0.4 is 5.32 Å². The predicted molar refractivity (Wildman–Crippen MR) is 81.8 cm³/mol. The molecular weight excluding hydrogens is 302 g/mol. The number of esters is 2. The van der Waals surface area contributed by atoms with Gasteiger partial charge >= 0.3 is 11.9 Å². The molecule has 0 fully saturated rings. The summed E-state index contributed by atoms with van der Waals surface area (Å²) in [5.74, 6) is -2.36. The second kappa shape index (κ2) is 8.77. The van der Waals surface area contributed by atoms with E-state index in [2.05, 4.69) is 10.1 Å². The zero-order valence-corrected chi connectivity index (χ0v) is 13.4. The fourth-order valence-electron chi connectivity index (χ4n) is 1.87. The van der Waals surface area contributed by atoms with Crippen molar-refractivity contribution in [2.45, 2.75) is 26.3 Å². The number of methoxy groups -OCH3 is 1. The Bertz CT molecular complexity index is 571. The van der Waals surface area contributed by atoms with Crippen LogP contribution in [0.5, 0.6) is 5.75 Å². The number of hydrogen-bond acceptors (Lipinski definition) is 6. The maximum absolute atomic E-state index is 11.9. The van der Waals surface area contributed by atoms with Crippen molar-refractivity contribution >= 4 is 17.8 Å². The zero-order valence-electron chi connectivity index (χ0n) is 13.4. The summed E-state index contributed by atoms with van der Waals surface area (Å²) in [6.45, 7) is 3.12. The van der Waals surface area contributed by atoms with E-state index >= 15 is 0 Å². The van der Waals surface area contributed by atoms with Crippen LogP contribution >= 0.6 is 0 Å². The van der Waals surface area contributed by atoms with Crippen LogP contribution in [0.25, 0.3) is 0 Å². The Hall–Kier alpha value is -2.57. The van der Waals surface area contributed by atoms with E-state index in [1.165, 1.54) is 19.2 Å². The minimum absolute atomic E-state index is 0.0354. The van der Waals surface area contributed by atoms with Crippen molar-refractivity contribution in [1.82, 2.24) is 5.32 Å². The molecule has 1 amide bonds. The average Bonchev–Trinajstić information content (AvgIpc) is 2.56. The van der Waals surface area contributed by atoms with Gasteiger partial charge in [0.2, 0.25) is 0 Å². The SMILES string of the molecule is CC[C@H](C)[C@@H](NC(=O)COC(=O)c1ccccc1O)C(=O)OC. The van der Waals surface area contributed by atoms with Crippen LogP contribution in [0.4, 0.5) is 0 Å². The summed E-state index contributed by atoms with van der Waals surface area (Å²) in [6, 6.07) is 5.04. The van der Waals surface area contributed by atoms with Crippen LogP contribution in [-0.4, -0.2) is 42.7 Å². The van der Waals surface area contributed by atoms with E-state index < -0.39 is 30.5 Å². The van der Waals surface area contributed by atoms with Gasteiger partial charge in [0, 0.05) is 0 Å². The minimum atomic E-state index is -0.823. The Morgan fingerprint density at radius 3 is 2.48 bits per heavy atom. The number of rotatable bonds is 7. The van der Waals surface area contributed by atoms with Gasteiger partial charge in [-0.25, -0.2) is 9.59 Å². The lowest BCUT2D eigenvalue weighted by Gasteiger charge is -2.21. The van der Waals surface area contributed by atoms with E-state index in [9.17, 15) is 19.5 Å². The Labute approximate surface area is 134 Å². The second-order valence-corrected chi connectivity index (χ2v) is 5.05. The van der Waals surface area contributed by atoms with Crippen molar-refractivity contribution in [1.29, 1.82) is 0 Å². The van der Waals surface area contributed by atoms with Crippen LogP contribution in [0.15, 0.2) is 24.3 Å². The third-order valence-corrected chi connectivity index (χ3v) is 3.44. The molecular formula is C16H21NO6. The van der Waals surface area contributed by atoms with Crippen LogP contribution in [-0.2, 0) is 19.1 Å². The van der Waals surface area contributed by atoms with Crippen molar-refractivity contribution in [3.63, 3.8) is 0 Å². The lowest BCUT2D eigenvalue weighted by atomic mass is 9.99. The number of carbonyl (C=O) groups is 3. The Balaban J connectivity index is 2.60. The maximum Gasteiger partial charge on any atom is 0.342 e. The first-order valence-corrected chi connectivity index (χ1v) is 7.23. The zero-order chi connectivity index (χ0) is 17.4. The average molecular weight is 323 g/mol. The fraction of sp³-hybridized carbons (Fsp3) is 0.438. The number of nitrogens with one attached hydrogen (secondary N) is 1. The first kappa shape index (κ1) is 18.5. The molecule has 7 nitrogen and oxygen atoms in total. The summed E-state index contributed by atoms with van der Waals surface area (Å²) in [5.41, 5.74) is -0.0354. The quantitative estimate of drug-likeness (QED) is 0.732. The summed E-state index contributed by atoms with van der Waals surface area (Å²) >= 11 is 0. The van der Waals surface area contributed by atoms with Gasteiger partial charge in [0.25, 0.3) is 5.91 Å². The third-order valence-electron chi connectivity index (χ3n) is 3.44. The monoisotopic (exact) mass is 323 g/mol. The summed E-state index contributed by atoms with van der Waals surface area (Å²) in [4.78, 5) is 35.3. The molecule has 0 unspecified atom stereocenters. The van der Waals surface area contributed by atoms with Gasteiger partial charge in [-0.3, -0.25) is 4.79 Å². The van der Waals surface area contributed by atoms with E-state index in [0.717, 1.165) is 0 Å². The highest BCUT2D eigenvalue weighted by molar-refractivity contribution is 5.94. The molecule has 2 atom stereocenters. The molecule has 0 aromatic heterocycles. The van der Waals surface area contributed by atoms with E-state index in [0.29, 0.717) is 6.42 Å². The highest BCUT2D eigenvalue weighted by atomic mass is 16.5. The molecule has 0 bridgehead atoms. The largest absolute Gasteiger partial charge is 0.507 e. The molecule has 2 N–H and O–H groups in total. The van der Waals surface area contributed by atoms with E-state index in [-0.39, 0.29) is 17.2 Å². The minimum Gasteiger partial charge on any atom is -0.507 e. The molecule has 1 aromatic carbocycles. The molecule has 1 rings (SSSR count). The van der Waals surface area contributed by atoms with Gasteiger partial charge in [0.05, 0.1) is 7.11 Å². The van der Waals surface area contributed by atoms with Crippen molar-refractivity contribution in [2.75, 3.05) is 13.7 Å². The highest BCUT2D eigenvalue weighted by Gasteiger charge is 2.27. The highest BCUT2D eigenvalue weighted by Crippen LogP contribution is 2.16. The summed E-state index contributed by atoms with van der Waals surface area (Å²) in [6.07, 6.45) is 0.664. The van der Waals surface area contributed by atoms with Crippen molar-refractivity contribution < 1.29 is 29.0 Å². The molecule has 1 aromatic rings. The molecule has 0 aliphatic heterocycles. The molecule has 0 radical (unpaired) electrons. The molecule has 0 spiro atoms. The van der Waals surface area contributed by atoms with Gasteiger partial charge in [-0.15, -0.1) is 0 Å². The number of carbonyl (C=O) groups excluding carboxylic acids is 3. The van der Waals surface area contributed by atoms with Gasteiger partial charge in [-0.1, -0.05) is 32.4 Å². The predicted octanol–water partition coefficient (Wildman–Crippen LogP) is 1.25. The number of phenolic OH excluding ortho intramolecular Hbond substituents is 1. The number of para-hydroxylation sites is 1. The molecule has 0 saturated carbocycles. The first-order valence-electron chi connectivity index (χ1n) is 7.23. The molecule has 126 valence electrons. The van der Waals surface area contributed by atoms with Crippen LogP contribution in [0.1, 0.15) is 30.6 Å². The van der Waals surface area contributed by atoms with Crippen molar-refractivity contribution in [3.8, 4) is 5.75 Å².